The molecule has 3 aromatic rings. The van der Waals surface area contributed by atoms with E-state index in [4.69, 9.17) is 9.53 Å². The number of amides is 1. The lowest BCUT2D eigenvalue weighted by Gasteiger charge is -2.26. The number of hydrogen-bond donors (Lipinski definition) is 1. The summed E-state index contributed by atoms with van der Waals surface area (Å²) in [5.74, 6) is 0.727. The number of likely N-dealkylation sites (tertiary alicyclic amines) is 1. The van der Waals surface area contributed by atoms with Gasteiger partial charge in [-0.1, -0.05) is 50.6 Å². The van der Waals surface area contributed by atoms with E-state index < -0.39 is 0 Å². The fourth-order valence-corrected chi connectivity index (χ4v) is 3.93. The highest BCUT2D eigenvalue weighted by Crippen LogP contribution is 2.22. The molecular weight excluding hydrogens is 441 g/mol. The maximum Gasteiger partial charge on any atom is 0.204 e. The van der Waals surface area contributed by atoms with Gasteiger partial charge in [0.25, 0.3) is 0 Å². The fourth-order valence-electron chi connectivity index (χ4n) is 3.93. The summed E-state index contributed by atoms with van der Waals surface area (Å²) in [4.78, 5) is 15.7. The highest BCUT2D eigenvalue weighted by molar-refractivity contribution is 5.63. The molecule has 4 rings (SSSR count). The summed E-state index contributed by atoms with van der Waals surface area (Å²) in [7, 11) is 0. The zero-order chi connectivity index (χ0) is 25.3. The summed E-state index contributed by atoms with van der Waals surface area (Å²) in [5, 5.41) is 0. The Balaban J connectivity index is 0.000000803. The highest BCUT2D eigenvalue weighted by Gasteiger charge is 2.09. The highest BCUT2D eigenvalue weighted by atomic mass is 19.1. The van der Waals surface area contributed by atoms with Gasteiger partial charge in [0.2, 0.25) is 6.41 Å². The Hall–Kier alpha value is -3.25. The van der Waals surface area contributed by atoms with E-state index in [2.05, 4.69) is 39.9 Å². The molecule has 1 fully saturated rings. The van der Waals surface area contributed by atoms with Crippen LogP contribution in [0.3, 0.4) is 0 Å². The van der Waals surface area contributed by atoms with E-state index >= 15 is 0 Å². The average molecular weight is 480 g/mol. The van der Waals surface area contributed by atoms with E-state index in [0.717, 1.165) is 54.1 Å². The minimum atomic E-state index is -0.185. The van der Waals surface area contributed by atoms with E-state index in [0.29, 0.717) is 0 Å². The molecule has 6 heteroatoms. The van der Waals surface area contributed by atoms with Gasteiger partial charge >= 0.3 is 0 Å². The van der Waals surface area contributed by atoms with Crippen LogP contribution < -0.4 is 10.5 Å². The lowest BCUT2D eigenvalue weighted by molar-refractivity contribution is -0.106. The maximum atomic E-state index is 13.3. The number of piperidine rings is 1. The number of hydrogen-bond acceptors (Lipinski definition) is 4. The summed E-state index contributed by atoms with van der Waals surface area (Å²) in [6, 6.07) is 19.1. The van der Waals surface area contributed by atoms with Crippen molar-refractivity contribution in [1.29, 1.82) is 0 Å². The van der Waals surface area contributed by atoms with Crippen LogP contribution in [0.1, 0.15) is 44.4 Å². The van der Waals surface area contributed by atoms with Crippen molar-refractivity contribution in [2.45, 2.75) is 46.0 Å². The zero-order valence-corrected chi connectivity index (χ0v) is 21.0. The molecule has 1 aliphatic heterocycles. The van der Waals surface area contributed by atoms with Crippen molar-refractivity contribution < 1.29 is 13.9 Å². The summed E-state index contributed by atoms with van der Waals surface area (Å²) < 4.78 is 19.2. The van der Waals surface area contributed by atoms with Gasteiger partial charge in [0.15, 0.2) is 0 Å². The molecule has 0 aliphatic carbocycles. The number of benzene rings is 2. The van der Waals surface area contributed by atoms with E-state index in [1.54, 1.807) is 12.1 Å². The molecule has 5 nitrogen and oxygen atoms in total. The Morgan fingerprint density at radius 1 is 0.971 bits per heavy atom. The van der Waals surface area contributed by atoms with Crippen LogP contribution in [0.4, 0.5) is 4.39 Å². The Bertz CT molecular complexity index is 972. The van der Waals surface area contributed by atoms with Gasteiger partial charge < -0.3 is 10.5 Å². The van der Waals surface area contributed by atoms with Crippen molar-refractivity contribution in [3.8, 4) is 16.9 Å². The van der Waals surface area contributed by atoms with E-state index in [-0.39, 0.29) is 12.2 Å². The van der Waals surface area contributed by atoms with Crippen molar-refractivity contribution in [3.05, 3.63) is 83.9 Å². The molecule has 1 saturated heterocycles. The Labute approximate surface area is 209 Å². The van der Waals surface area contributed by atoms with Crippen molar-refractivity contribution in [1.82, 2.24) is 9.88 Å². The van der Waals surface area contributed by atoms with Gasteiger partial charge in [0.05, 0.1) is 0 Å². The lowest BCUT2D eigenvalue weighted by atomic mass is 10.0. The number of ether oxygens (including phenoxy) is 1. The standard InChI is InChI=1S/C26H29FN2O.C2H6.CH3NO/c27-24-6-4-5-21(19-24)7-11-25-12-8-23(20-28-25)22-9-13-26(14-10-22)30-18-17-29-15-2-1-3-16-29;1-2;2-1-3/h4-6,8-10,12-14,19-20H,1-3,7,11,15-18H2;1-2H3;1H,(H2,2,3). The Kier molecular flexibility index (Phi) is 13.1. The summed E-state index contributed by atoms with van der Waals surface area (Å²) in [6.07, 6.45) is 7.73. The molecular formula is C29H38FN3O2. The lowest BCUT2D eigenvalue weighted by Crippen LogP contribution is -2.33. The van der Waals surface area contributed by atoms with Crippen molar-refractivity contribution in [2.24, 2.45) is 5.73 Å². The topological polar surface area (TPSA) is 68.4 Å². The third-order valence-electron chi connectivity index (χ3n) is 5.70. The maximum absolute atomic E-state index is 13.3. The average Bonchev–Trinajstić information content (AvgIpc) is 2.91. The van der Waals surface area contributed by atoms with E-state index in [9.17, 15) is 4.39 Å². The number of carbonyl (C=O) groups is 1. The van der Waals surface area contributed by atoms with Crippen molar-refractivity contribution in [2.75, 3.05) is 26.2 Å². The number of aromatic nitrogens is 1. The number of nitrogens with zero attached hydrogens (tertiary/aromatic N) is 2. The SMILES string of the molecule is CC.Fc1cccc(CCc2ccc(-c3ccc(OCCN4CCCCC4)cc3)cn2)c1.NC=O. The number of carbonyl (C=O) groups excluding carboxylic acids is 1. The second-order valence-corrected chi connectivity index (χ2v) is 8.08. The number of aryl methyl sites for hydroxylation is 2. The Morgan fingerprint density at radius 2 is 1.66 bits per heavy atom. The van der Waals surface area contributed by atoms with Crippen LogP contribution in [-0.4, -0.2) is 42.5 Å². The Morgan fingerprint density at radius 3 is 2.29 bits per heavy atom. The minimum Gasteiger partial charge on any atom is -0.492 e. The molecule has 0 radical (unpaired) electrons. The molecule has 2 heterocycles. The van der Waals surface area contributed by atoms with Crippen LogP contribution in [0.25, 0.3) is 11.1 Å². The van der Waals surface area contributed by atoms with Crippen LogP contribution in [0.2, 0.25) is 0 Å². The van der Waals surface area contributed by atoms with Gasteiger partial charge in [-0.15, -0.1) is 0 Å². The smallest absolute Gasteiger partial charge is 0.204 e. The number of rotatable bonds is 8. The number of nitrogens with two attached hydrogens (primary N) is 1. The first-order valence-corrected chi connectivity index (χ1v) is 12.5. The van der Waals surface area contributed by atoms with Crippen molar-refractivity contribution >= 4 is 6.41 Å². The molecule has 0 atom stereocenters. The van der Waals surface area contributed by atoms with Gasteiger partial charge in [-0.05, 0) is 80.2 Å². The summed E-state index contributed by atoms with van der Waals surface area (Å²) >= 11 is 0. The third-order valence-corrected chi connectivity index (χ3v) is 5.70. The van der Waals surface area contributed by atoms with Crippen molar-refractivity contribution in [3.63, 3.8) is 0 Å². The second kappa shape index (κ2) is 16.4. The first kappa shape index (κ1) is 28.0. The van der Waals surface area contributed by atoms with Gasteiger partial charge in [0, 0.05) is 24.0 Å². The predicted molar refractivity (Wildman–Crippen MR) is 141 cm³/mol. The quantitative estimate of drug-likeness (QED) is 0.423. The number of primary amides is 1. The molecule has 1 aromatic heterocycles. The largest absolute Gasteiger partial charge is 0.492 e. The zero-order valence-electron chi connectivity index (χ0n) is 21.0. The van der Waals surface area contributed by atoms with Gasteiger partial charge in [-0.2, -0.15) is 0 Å². The molecule has 2 N–H and O–H groups in total. The van der Waals surface area contributed by atoms with Crippen LogP contribution >= 0.6 is 0 Å². The van der Waals surface area contributed by atoms with Crippen LogP contribution in [0.15, 0.2) is 66.9 Å². The molecule has 2 aromatic carbocycles. The molecule has 1 aliphatic rings. The second-order valence-electron chi connectivity index (χ2n) is 8.08. The molecule has 0 bridgehead atoms. The third kappa shape index (κ3) is 10.3. The molecule has 1 amide bonds. The normalized spacial score (nSPS) is 13.0. The van der Waals surface area contributed by atoms with E-state index in [1.807, 2.05) is 38.2 Å². The predicted octanol–water partition coefficient (Wildman–Crippen LogP) is 5.67. The molecule has 0 unspecified atom stereocenters. The number of pyridine rings is 1. The van der Waals surface area contributed by atoms with Crippen LogP contribution in [-0.2, 0) is 17.6 Å². The minimum absolute atomic E-state index is 0.185. The molecule has 0 saturated carbocycles. The van der Waals surface area contributed by atoms with Crippen LogP contribution in [0.5, 0.6) is 5.75 Å². The molecule has 0 spiro atoms. The van der Waals surface area contributed by atoms with E-state index in [1.165, 1.54) is 38.4 Å². The summed E-state index contributed by atoms with van der Waals surface area (Å²) in [5.41, 5.74) is 8.39. The first-order valence-electron chi connectivity index (χ1n) is 12.5. The van der Waals surface area contributed by atoms with Gasteiger partial charge in [-0.3, -0.25) is 14.7 Å². The fraction of sp³-hybridized carbons (Fsp3) is 0.379. The van der Waals surface area contributed by atoms with Crippen LogP contribution in [0, 0.1) is 5.82 Å². The number of halogens is 1. The monoisotopic (exact) mass is 479 g/mol. The first-order chi connectivity index (χ1) is 17.2. The summed E-state index contributed by atoms with van der Waals surface area (Å²) in [6.45, 7) is 8.14. The van der Waals surface area contributed by atoms with Gasteiger partial charge in [0.1, 0.15) is 18.2 Å². The van der Waals surface area contributed by atoms with Gasteiger partial charge in [-0.25, -0.2) is 4.39 Å². The molecule has 188 valence electrons. The molecule has 35 heavy (non-hydrogen) atoms.